The first-order valence-corrected chi connectivity index (χ1v) is 13.0. The van der Waals surface area contributed by atoms with Gasteiger partial charge in [0.2, 0.25) is 15.9 Å². The molecule has 1 unspecified atom stereocenters. The molecule has 2 amide bonds. The largest absolute Gasteiger partial charge is 0.494 e. The van der Waals surface area contributed by atoms with Crippen molar-refractivity contribution in [3.8, 4) is 5.75 Å². The van der Waals surface area contributed by atoms with E-state index in [2.05, 4.69) is 0 Å². The van der Waals surface area contributed by atoms with Gasteiger partial charge in [0.15, 0.2) is 0 Å². The zero-order chi connectivity index (χ0) is 25.2. The Bertz CT molecular complexity index is 1350. The molecule has 0 radical (unpaired) electrons. The highest BCUT2D eigenvalue weighted by Crippen LogP contribution is 2.32. The summed E-state index contributed by atoms with van der Waals surface area (Å²) < 4.78 is 33.9. The van der Waals surface area contributed by atoms with Gasteiger partial charge in [0.1, 0.15) is 11.8 Å². The number of benzene rings is 3. The summed E-state index contributed by atoms with van der Waals surface area (Å²) in [7, 11) is -4.20. The zero-order valence-electron chi connectivity index (χ0n) is 18.7. The van der Waals surface area contributed by atoms with E-state index in [1.54, 1.807) is 48.5 Å². The highest BCUT2D eigenvalue weighted by atomic mass is 35.5. The van der Waals surface area contributed by atoms with E-state index < -0.39 is 27.9 Å². The second-order valence-electron chi connectivity index (χ2n) is 7.81. The van der Waals surface area contributed by atoms with Crippen LogP contribution < -0.4 is 9.64 Å². The summed E-state index contributed by atoms with van der Waals surface area (Å²) in [5, 5.41) is 0.722. The van der Waals surface area contributed by atoms with Crippen molar-refractivity contribution >= 4 is 50.7 Å². The van der Waals surface area contributed by atoms with Gasteiger partial charge in [0.05, 0.1) is 23.6 Å². The number of ether oxygens (including phenoxy) is 1. The summed E-state index contributed by atoms with van der Waals surface area (Å²) >= 11 is 12.2. The van der Waals surface area contributed by atoms with Crippen LogP contribution in [0.4, 0.5) is 5.69 Å². The number of hydrogen-bond donors (Lipinski definition) is 0. The van der Waals surface area contributed by atoms with Crippen molar-refractivity contribution in [1.82, 2.24) is 4.31 Å². The van der Waals surface area contributed by atoms with Crippen molar-refractivity contribution in [2.24, 2.45) is 0 Å². The Balaban J connectivity index is 1.73. The van der Waals surface area contributed by atoms with Gasteiger partial charge in [-0.3, -0.25) is 9.59 Å². The number of sulfonamides is 1. The Morgan fingerprint density at radius 1 is 0.971 bits per heavy atom. The van der Waals surface area contributed by atoms with Gasteiger partial charge in [0, 0.05) is 16.6 Å². The topological polar surface area (TPSA) is 84.0 Å². The first kappa shape index (κ1) is 25.2. The minimum absolute atomic E-state index is 0.0475. The Hall–Kier alpha value is -2.91. The molecule has 1 fully saturated rings. The highest BCUT2D eigenvalue weighted by molar-refractivity contribution is 7.89. The molecule has 1 heterocycles. The van der Waals surface area contributed by atoms with Crippen molar-refractivity contribution < 1.29 is 22.7 Å². The lowest BCUT2D eigenvalue weighted by Crippen LogP contribution is -2.45. The van der Waals surface area contributed by atoms with Crippen LogP contribution in [0.2, 0.25) is 10.0 Å². The lowest BCUT2D eigenvalue weighted by Gasteiger charge is -2.27. The Morgan fingerprint density at radius 3 is 2.26 bits per heavy atom. The number of carbonyl (C=O) groups is 2. The fourth-order valence-corrected chi connectivity index (χ4v) is 5.75. The van der Waals surface area contributed by atoms with Crippen LogP contribution >= 0.6 is 23.2 Å². The molecule has 0 spiro atoms. The second-order valence-corrected chi connectivity index (χ2v) is 10.5. The fraction of sp³-hybridized carbons (Fsp3) is 0.200. The molecule has 0 aliphatic carbocycles. The van der Waals surface area contributed by atoms with Crippen molar-refractivity contribution in [2.75, 3.05) is 11.5 Å². The molecule has 1 atom stereocenters. The lowest BCUT2D eigenvalue weighted by atomic mass is 10.2. The molecule has 0 bridgehead atoms. The number of halogens is 2. The van der Waals surface area contributed by atoms with E-state index in [0.29, 0.717) is 33.7 Å². The van der Waals surface area contributed by atoms with Gasteiger partial charge in [-0.2, -0.15) is 4.31 Å². The van der Waals surface area contributed by atoms with Crippen molar-refractivity contribution in [2.45, 2.75) is 30.8 Å². The summed E-state index contributed by atoms with van der Waals surface area (Å²) in [5.74, 6) is -0.541. The van der Waals surface area contributed by atoms with E-state index in [9.17, 15) is 18.0 Å². The molecule has 4 rings (SSSR count). The summed E-state index contributed by atoms with van der Waals surface area (Å²) in [6.07, 6.45) is -0.302. The van der Waals surface area contributed by atoms with Gasteiger partial charge < -0.3 is 4.74 Å². The summed E-state index contributed by atoms with van der Waals surface area (Å²) in [5.41, 5.74) is 0.846. The smallest absolute Gasteiger partial charge is 0.252 e. The maximum Gasteiger partial charge on any atom is 0.252 e. The monoisotopic (exact) mass is 532 g/mol. The Morgan fingerprint density at radius 2 is 1.63 bits per heavy atom. The molecular formula is C25H22Cl2N2O5S. The van der Waals surface area contributed by atoms with Gasteiger partial charge in [-0.1, -0.05) is 41.4 Å². The number of imide groups is 1. The summed E-state index contributed by atoms with van der Waals surface area (Å²) in [6, 6.07) is 17.6. The van der Waals surface area contributed by atoms with Gasteiger partial charge in [-0.05, 0) is 67.1 Å². The zero-order valence-corrected chi connectivity index (χ0v) is 21.1. The third-order valence-corrected chi connectivity index (χ3v) is 8.07. The molecule has 35 heavy (non-hydrogen) atoms. The lowest BCUT2D eigenvalue weighted by molar-refractivity contribution is -0.122. The molecule has 0 saturated carbocycles. The minimum Gasteiger partial charge on any atom is -0.494 e. The molecule has 0 aromatic heterocycles. The fourth-order valence-electron chi connectivity index (χ4n) is 3.87. The quantitative estimate of drug-likeness (QED) is 0.384. The van der Waals surface area contributed by atoms with E-state index in [1.165, 1.54) is 24.3 Å². The van der Waals surface area contributed by atoms with Crippen molar-refractivity contribution in [3.05, 3.63) is 88.4 Å². The Kier molecular flexibility index (Phi) is 7.47. The maximum absolute atomic E-state index is 13.7. The van der Waals surface area contributed by atoms with Crippen LogP contribution in [0.5, 0.6) is 5.75 Å². The first-order valence-electron chi connectivity index (χ1n) is 10.8. The molecule has 1 saturated heterocycles. The first-order chi connectivity index (χ1) is 16.7. The average Bonchev–Trinajstić information content (AvgIpc) is 3.13. The Labute approximate surface area is 213 Å². The van der Waals surface area contributed by atoms with Crippen LogP contribution in [0.25, 0.3) is 0 Å². The maximum atomic E-state index is 13.7. The number of carbonyl (C=O) groups excluding carboxylic acids is 2. The predicted octanol–water partition coefficient (Wildman–Crippen LogP) is 4.92. The third-order valence-electron chi connectivity index (χ3n) is 5.58. The van der Waals surface area contributed by atoms with Crippen LogP contribution in [0.15, 0.2) is 77.7 Å². The molecule has 3 aromatic rings. The van der Waals surface area contributed by atoms with Gasteiger partial charge in [-0.15, -0.1) is 0 Å². The standard InChI is InChI=1S/C25H22Cl2N2O5S/c1-2-34-20-11-9-19(10-12-20)29-24(30)15-23(25(29)31)28(16-17-5-3-4-6-22(17)27)35(32,33)21-13-7-18(26)8-14-21/h3-14,23H,2,15-16H2,1H3. The van der Waals surface area contributed by atoms with Crippen LogP contribution in [-0.2, 0) is 26.2 Å². The number of hydrogen-bond acceptors (Lipinski definition) is 5. The molecular weight excluding hydrogens is 511 g/mol. The van der Waals surface area contributed by atoms with E-state index in [1.807, 2.05) is 6.92 Å². The van der Waals surface area contributed by atoms with E-state index in [-0.39, 0.29) is 17.9 Å². The van der Waals surface area contributed by atoms with E-state index in [0.717, 1.165) is 9.21 Å². The molecule has 182 valence electrons. The highest BCUT2D eigenvalue weighted by Gasteiger charge is 2.47. The molecule has 0 N–H and O–H groups in total. The normalized spacial score (nSPS) is 16.2. The minimum atomic E-state index is -4.20. The molecule has 1 aliphatic heterocycles. The van der Waals surface area contributed by atoms with E-state index >= 15 is 0 Å². The second kappa shape index (κ2) is 10.4. The molecule has 7 nitrogen and oxygen atoms in total. The number of anilines is 1. The molecule has 3 aromatic carbocycles. The average molecular weight is 533 g/mol. The predicted molar refractivity (Wildman–Crippen MR) is 134 cm³/mol. The van der Waals surface area contributed by atoms with Crippen molar-refractivity contribution in [3.63, 3.8) is 0 Å². The van der Waals surface area contributed by atoms with Crippen LogP contribution in [0, 0.1) is 0 Å². The van der Waals surface area contributed by atoms with Crippen LogP contribution in [-0.4, -0.2) is 37.2 Å². The number of rotatable bonds is 8. The van der Waals surface area contributed by atoms with Gasteiger partial charge in [-0.25, -0.2) is 13.3 Å². The van der Waals surface area contributed by atoms with Crippen molar-refractivity contribution in [1.29, 1.82) is 0 Å². The van der Waals surface area contributed by atoms with Crippen LogP contribution in [0.1, 0.15) is 18.9 Å². The number of nitrogens with zero attached hydrogens (tertiary/aromatic N) is 2. The number of amides is 2. The molecule has 1 aliphatic rings. The van der Waals surface area contributed by atoms with Crippen LogP contribution in [0.3, 0.4) is 0 Å². The summed E-state index contributed by atoms with van der Waals surface area (Å²) in [4.78, 5) is 27.4. The third kappa shape index (κ3) is 5.21. The van der Waals surface area contributed by atoms with Gasteiger partial charge >= 0.3 is 0 Å². The molecule has 10 heteroatoms. The van der Waals surface area contributed by atoms with E-state index in [4.69, 9.17) is 27.9 Å². The SMILES string of the molecule is CCOc1ccc(N2C(=O)CC(N(Cc3ccccc3Cl)S(=O)(=O)c3ccc(Cl)cc3)C2=O)cc1. The van der Waals surface area contributed by atoms with Gasteiger partial charge in [0.25, 0.3) is 5.91 Å². The summed E-state index contributed by atoms with van der Waals surface area (Å²) in [6.45, 7) is 2.13.